The number of hydrogen-bond acceptors (Lipinski definition) is 1. The summed E-state index contributed by atoms with van der Waals surface area (Å²) in [4.78, 5) is 11.3. The molecule has 1 N–H and O–H groups in total. The minimum absolute atomic E-state index is 0.131. The number of hydrogen-bond donors (Lipinski definition) is 1. The van der Waals surface area contributed by atoms with Gasteiger partial charge in [-0.1, -0.05) is 17.7 Å². The summed E-state index contributed by atoms with van der Waals surface area (Å²) >= 11 is 5.65. The van der Waals surface area contributed by atoms with Crippen LogP contribution in [0.1, 0.15) is 18.4 Å². The molecule has 0 unspecified atom stereocenters. The number of rotatable bonds is 4. The topological polar surface area (TPSA) is 29.1 Å². The van der Waals surface area contributed by atoms with E-state index < -0.39 is 5.82 Å². The molecule has 0 spiro atoms. The molecule has 0 heterocycles. The number of nitrogens with one attached hydrogen (secondary N) is 1. The monoisotopic (exact) mass is 241 g/mol. The van der Waals surface area contributed by atoms with Crippen LogP contribution in [0.2, 0.25) is 5.02 Å². The zero-order valence-corrected chi connectivity index (χ0v) is 9.56. The summed E-state index contributed by atoms with van der Waals surface area (Å²) in [6, 6.07) is 4.63. The van der Waals surface area contributed by atoms with E-state index in [9.17, 15) is 9.18 Å². The van der Waals surface area contributed by atoms with Crippen molar-refractivity contribution in [2.75, 3.05) is 6.54 Å². The lowest BCUT2D eigenvalue weighted by Crippen LogP contribution is -2.26. The van der Waals surface area contributed by atoms with Gasteiger partial charge in [-0.2, -0.15) is 0 Å². The fraction of sp³-hybridized carbons (Fsp3) is 0.417. The molecule has 1 saturated carbocycles. The molecule has 4 heteroatoms. The van der Waals surface area contributed by atoms with Gasteiger partial charge in [0.15, 0.2) is 0 Å². The second kappa shape index (κ2) is 4.83. The van der Waals surface area contributed by atoms with E-state index in [0.29, 0.717) is 13.0 Å². The molecule has 1 aromatic rings. The van der Waals surface area contributed by atoms with Gasteiger partial charge in [0, 0.05) is 12.5 Å². The average molecular weight is 242 g/mol. The molecule has 1 aliphatic rings. The van der Waals surface area contributed by atoms with Crippen LogP contribution >= 0.6 is 11.6 Å². The number of amides is 1. The molecule has 86 valence electrons. The fourth-order valence-corrected chi connectivity index (χ4v) is 1.72. The van der Waals surface area contributed by atoms with Crippen LogP contribution in [0.3, 0.4) is 0 Å². The first kappa shape index (κ1) is 11.4. The molecule has 0 aromatic heterocycles. The van der Waals surface area contributed by atoms with Gasteiger partial charge in [-0.05, 0) is 37.0 Å². The third kappa shape index (κ3) is 2.95. The summed E-state index contributed by atoms with van der Waals surface area (Å²) in [6.07, 6.45) is 2.70. The van der Waals surface area contributed by atoms with Gasteiger partial charge < -0.3 is 5.32 Å². The van der Waals surface area contributed by atoms with Gasteiger partial charge in [-0.15, -0.1) is 0 Å². The van der Waals surface area contributed by atoms with Crippen LogP contribution in [-0.2, 0) is 11.2 Å². The second-order valence-electron chi connectivity index (χ2n) is 4.06. The van der Waals surface area contributed by atoms with Crippen LogP contribution in [-0.4, -0.2) is 12.5 Å². The Bertz CT molecular complexity index is 404. The lowest BCUT2D eigenvalue weighted by Gasteiger charge is -2.05. The van der Waals surface area contributed by atoms with Crippen molar-refractivity contribution in [3.63, 3.8) is 0 Å². The Morgan fingerprint density at radius 2 is 2.25 bits per heavy atom. The molecular formula is C12H13ClFNO. The summed E-state index contributed by atoms with van der Waals surface area (Å²) in [7, 11) is 0. The van der Waals surface area contributed by atoms with Gasteiger partial charge in [0.05, 0.1) is 5.02 Å². The van der Waals surface area contributed by atoms with Crippen molar-refractivity contribution >= 4 is 17.5 Å². The van der Waals surface area contributed by atoms with E-state index in [1.807, 2.05) is 0 Å². The van der Waals surface area contributed by atoms with Gasteiger partial charge in [0.2, 0.25) is 5.91 Å². The van der Waals surface area contributed by atoms with E-state index in [2.05, 4.69) is 5.32 Å². The van der Waals surface area contributed by atoms with Crippen LogP contribution in [0.15, 0.2) is 18.2 Å². The van der Waals surface area contributed by atoms with E-state index in [1.165, 1.54) is 6.07 Å². The van der Waals surface area contributed by atoms with Gasteiger partial charge in [-0.25, -0.2) is 4.39 Å². The highest BCUT2D eigenvalue weighted by Crippen LogP contribution is 2.28. The molecule has 1 fully saturated rings. The van der Waals surface area contributed by atoms with Gasteiger partial charge in [0.25, 0.3) is 0 Å². The summed E-state index contributed by atoms with van der Waals surface area (Å²) in [5, 5.41) is 2.98. The van der Waals surface area contributed by atoms with Gasteiger partial charge >= 0.3 is 0 Å². The summed E-state index contributed by atoms with van der Waals surface area (Å²) in [6.45, 7) is 0.581. The average Bonchev–Trinajstić information content (AvgIpc) is 3.07. The minimum Gasteiger partial charge on any atom is -0.356 e. The normalized spacial score (nSPS) is 14.9. The molecule has 0 aliphatic heterocycles. The Morgan fingerprint density at radius 1 is 1.50 bits per heavy atom. The number of benzene rings is 1. The Kier molecular flexibility index (Phi) is 3.44. The number of halogens is 2. The third-order valence-corrected chi connectivity index (χ3v) is 2.93. The van der Waals surface area contributed by atoms with Crippen molar-refractivity contribution < 1.29 is 9.18 Å². The van der Waals surface area contributed by atoms with E-state index in [4.69, 9.17) is 11.6 Å². The highest BCUT2D eigenvalue weighted by atomic mass is 35.5. The standard InChI is InChI=1S/C12H13ClFNO/c13-10-7-8(1-4-11(10)14)5-6-15-12(16)9-2-3-9/h1,4,7,9H,2-3,5-6H2,(H,15,16). The first-order valence-electron chi connectivity index (χ1n) is 5.38. The fourth-order valence-electron chi connectivity index (χ4n) is 1.52. The van der Waals surface area contributed by atoms with Crippen molar-refractivity contribution in [1.82, 2.24) is 5.32 Å². The molecule has 0 atom stereocenters. The second-order valence-corrected chi connectivity index (χ2v) is 4.47. The lowest BCUT2D eigenvalue weighted by atomic mass is 10.1. The Labute approximate surface area is 98.8 Å². The van der Waals surface area contributed by atoms with Crippen LogP contribution in [0.25, 0.3) is 0 Å². The first-order valence-corrected chi connectivity index (χ1v) is 5.76. The smallest absolute Gasteiger partial charge is 0.223 e. The predicted octanol–water partition coefficient (Wildman–Crippen LogP) is 2.55. The molecule has 2 nitrogen and oxygen atoms in total. The van der Waals surface area contributed by atoms with Crippen molar-refractivity contribution in [1.29, 1.82) is 0 Å². The maximum Gasteiger partial charge on any atom is 0.223 e. The number of carbonyl (C=O) groups excluding carboxylic acids is 1. The van der Waals surface area contributed by atoms with E-state index in [0.717, 1.165) is 18.4 Å². The summed E-state index contributed by atoms with van der Waals surface area (Å²) in [5.74, 6) is -0.0440. The number of carbonyl (C=O) groups is 1. The van der Waals surface area contributed by atoms with Gasteiger partial charge in [-0.3, -0.25) is 4.79 Å². The van der Waals surface area contributed by atoms with Crippen molar-refractivity contribution in [2.24, 2.45) is 5.92 Å². The molecular weight excluding hydrogens is 229 g/mol. The molecule has 1 aliphatic carbocycles. The van der Waals surface area contributed by atoms with Crippen LogP contribution < -0.4 is 5.32 Å². The van der Waals surface area contributed by atoms with Crippen LogP contribution in [0.4, 0.5) is 4.39 Å². The molecule has 0 bridgehead atoms. The molecule has 0 saturated heterocycles. The van der Waals surface area contributed by atoms with Crippen molar-refractivity contribution in [2.45, 2.75) is 19.3 Å². The third-order valence-electron chi connectivity index (χ3n) is 2.65. The Balaban J connectivity index is 1.80. The van der Waals surface area contributed by atoms with E-state index >= 15 is 0 Å². The highest BCUT2D eigenvalue weighted by molar-refractivity contribution is 6.30. The molecule has 1 amide bonds. The molecule has 16 heavy (non-hydrogen) atoms. The van der Waals surface area contributed by atoms with E-state index in [1.54, 1.807) is 12.1 Å². The summed E-state index contributed by atoms with van der Waals surface area (Å²) < 4.78 is 12.9. The van der Waals surface area contributed by atoms with Crippen LogP contribution in [0.5, 0.6) is 0 Å². The minimum atomic E-state index is -0.410. The zero-order valence-electron chi connectivity index (χ0n) is 8.80. The lowest BCUT2D eigenvalue weighted by molar-refractivity contribution is -0.122. The summed E-state index contributed by atoms with van der Waals surface area (Å²) in [5.41, 5.74) is 0.933. The van der Waals surface area contributed by atoms with Crippen molar-refractivity contribution in [3.05, 3.63) is 34.6 Å². The quantitative estimate of drug-likeness (QED) is 0.863. The molecule has 0 radical (unpaired) electrons. The Hall–Kier alpha value is -1.09. The zero-order chi connectivity index (χ0) is 11.5. The largest absolute Gasteiger partial charge is 0.356 e. The maximum absolute atomic E-state index is 12.9. The Morgan fingerprint density at radius 3 is 2.88 bits per heavy atom. The SMILES string of the molecule is O=C(NCCc1ccc(F)c(Cl)c1)C1CC1. The molecule has 1 aromatic carbocycles. The van der Waals surface area contributed by atoms with E-state index in [-0.39, 0.29) is 16.8 Å². The van der Waals surface area contributed by atoms with Crippen LogP contribution in [0, 0.1) is 11.7 Å². The molecule has 2 rings (SSSR count). The maximum atomic E-state index is 12.9. The van der Waals surface area contributed by atoms with Gasteiger partial charge in [0.1, 0.15) is 5.82 Å². The van der Waals surface area contributed by atoms with Crippen molar-refractivity contribution in [3.8, 4) is 0 Å². The predicted molar refractivity (Wildman–Crippen MR) is 60.8 cm³/mol. The first-order chi connectivity index (χ1) is 7.66. The highest BCUT2D eigenvalue weighted by Gasteiger charge is 2.28.